The Morgan fingerprint density at radius 1 is 1.14 bits per heavy atom. The minimum absolute atomic E-state index is 0.0487. The molecule has 28 heavy (non-hydrogen) atoms. The van der Waals surface area contributed by atoms with Gasteiger partial charge in [-0.3, -0.25) is 4.79 Å². The summed E-state index contributed by atoms with van der Waals surface area (Å²) in [6.45, 7) is 7.15. The summed E-state index contributed by atoms with van der Waals surface area (Å²) in [5.74, 6) is 2.14. The zero-order valence-electron chi connectivity index (χ0n) is 16.2. The fraction of sp³-hybridized carbons (Fsp3) is 0.273. The molecule has 0 fully saturated rings. The Hall–Kier alpha value is -3.28. The second-order valence-corrected chi connectivity index (χ2v) is 6.89. The summed E-state index contributed by atoms with van der Waals surface area (Å²) >= 11 is 0. The van der Waals surface area contributed by atoms with Gasteiger partial charge in [0.25, 0.3) is 5.91 Å². The molecule has 0 aliphatic carbocycles. The van der Waals surface area contributed by atoms with Crippen LogP contribution in [-0.4, -0.2) is 24.2 Å². The van der Waals surface area contributed by atoms with Crippen molar-refractivity contribution in [1.29, 1.82) is 0 Å². The number of hydrogen-bond donors (Lipinski definition) is 0. The van der Waals surface area contributed by atoms with Gasteiger partial charge in [-0.25, -0.2) is 0 Å². The molecule has 6 heteroatoms. The van der Waals surface area contributed by atoms with Gasteiger partial charge in [0.05, 0.1) is 23.5 Å². The van der Waals surface area contributed by atoms with Gasteiger partial charge in [-0.05, 0) is 62.7 Å². The lowest BCUT2D eigenvalue weighted by Crippen LogP contribution is -2.38. The first-order chi connectivity index (χ1) is 13.5. The molecule has 2 aromatic carbocycles. The van der Waals surface area contributed by atoms with Crippen LogP contribution < -0.4 is 14.4 Å². The monoisotopic (exact) mass is 378 g/mol. The van der Waals surface area contributed by atoms with Crippen LogP contribution in [0.5, 0.6) is 11.5 Å². The Balaban J connectivity index is 1.49. The van der Waals surface area contributed by atoms with Gasteiger partial charge in [-0.15, -0.1) is 0 Å². The molecule has 1 aliphatic rings. The second-order valence-electron chi connectivity index (χ2n) is 6.89. The van der Waals surface area contributed by atoms with Gasteiger partial charge in [-0.2, -0.15) is 0 Å². The molecule has 1 aromatic heterocycles. The first-order valence-electron chi connectivity index (χ1n) is 9.23. The molecule has 0 bridgehead atoms. The Labute approximate surface area is 163 Å². The SMILES string of the molecule is Cc1ccc2c(c1)N(C(=O)c1ccc(OCc3c(C)noc3C)cc1)CCO2. The van der Waals surface area contributed by atoms with E-state index in [1.165, 1.54) is 0 Å². The zero-order chi connectivity index (χ0) is 19.7. The van der Waals surface area contributed by atoms with Crippen LogP contribution in [0.3, 0.4) is 0 Å². The number of carbonyl (C=O) groups is 1. The van der Waals surface area contributed by atoms with Crippen LogP contribution >= 0.6 is 0 Å². The molecular formula is C22H22N2O4. The van der Waals surface area contributed by atoms with Crippen LogP contribution in [0.2, 0.25) is 0 Å². The second kappa shape index (κ2) is 7.38. The molecule has 0 radical (unpaired) electrons. The number of benzene rings is 2. The molecule has 0 unspecified atom stereocenters. The number of ether oxygens (including phenoxy) is 2. The van der Waals surface area contributed by atoms with Crippen LogP contribution in [0.4, 0.5) is 5.69 Å². The molecule has 6 nitrogen and oxygen atoms in total. The van der Waals surface area contributed by atoms with E-state index in [4.69, 9.17) is 14.0 Å². The number of carbonyl (C=O) groups excluding carboxylic acids is 1. The van der Waals surface area contributed by atoms with Crippen molar-refractivity contribution in [3.05, 3.63) is 70.6 Å². The fourth-order valence-electron chi connectivity index (χ4n) is 3.25. The minimum Gasteiger partial charge on any atom is -0.490 e. The summed E-state index contributed by atoms with van der Waals surface area (Å²) in [5, 5.41) is 3.93. The van der Waals surface area contributed by atoms with Crippen LogP contribution in [-0.2, 0) is 6.61 Å². The molecule has 0 N–H and O–H groups in total. The van der Waals surface area contributed by atoms with Gasteiger partial charge < -0.3 is 18.9 Å². The molecule has 0 saturated carbocycles. The van der Waals surface area contributed by atoms with Crippen LogP contribution in [0.25, 0.3) is 0 Å². The molecule has 4 rings (SSSR count). The number of fused-ring (bicyclic) bond motifs is 1. The van der Waals surface area contributed by atoms with Crippen molar-refractivity contribution >= 4 is 11.6 Å². The molecule has 144 valence electrons. The number of aryl methyl sites for hydroxylation is 3. The topological polar surface area (TPSA) is 64.8 Å². The van der Waals surface area contributed by atoms with E-state index < -0.39 is 0 Å². The number of anilines is 1. The van der Waals surface area contributed by atoms with Crippen LogP contribution in [0, 0.1) is 20.8 Å². The van der Waals surface area contributed by atoms with E-state index in [0.717, 1.165) is 34.0 Å². The highest BCUT2D eigenvalue weighted by Crippen LogP contribution is 2.33. The highest BCUT2D eigenvalue weighted by molar-refractivity contribution is 6.07. The average Bonchev–Trinajstić information content (AvgIpc) is 3.03. The maximum atomic E-state index is 13.0. The summed E-state index contributed by atoms with van der Waals surface area (Å²) in [6.07, 6.45) is 0. The van der Waals surface area contributed by atoms with E-state index >= 15 is 0 Å². The Kier molecular flexibility index (Phi) is 4.77. The van der Waals surface area contributed by atoms with Crippen LogP contribution in [0.15, 0.2) is 47.0 Å². The highest BCUT2D eigenvalue weighted by Gasteiger charge is 2.24. The zero-order valence-corrected chi connectivity index (χ0v) is 16.2. The van der Waals surface area contributed by atoms with Crippen molar-refractivity contribution in [2.75, 3.05) is 18.1 Å². The standard InChI is InChI=1S/C22H22N2O4/c1-14-4-9-21-20(12-14)24(10-11-26-21)22(25)17-5-7-18(8-6-17)27-13-19-15(2)23-28-16(19)3/h4-9,12H,10-11,13H2,1-3H3. The Morgan fingerprint density at radius 3 is 2.64 bits per heavy atom. The summed E-state index contributed by atoms with van der Waals surface area (Å²) < 4.78 is 16.6. The molecule has 1 amide bonds. The normalized spacial score (nSPS) is 13.0. The molecule has 3 aromatic rings. The fourth-order valence-corrected chi connectivity index (χ4v) is 3.25. The molecule has 0 saturated heterocycles. The van der Waals surface area contributed by atoms with Crippen molar-refractivity contribution in [2.24, 2.45) is 0 Å². The largest absolute Gasteiger partial charge is 0.490 e. The third-order valence-corrected chi connectivity index (χ3v) is 4.89. The first kappa shape index (κ1) is 18.1. The van der Waals surface area contributed by atoms with Gasteiger partial charge in [0.1, 0.15) is 30.5 Å². The summed E-state index contributed by atoms with van der Waals surface area (Å²) in [7, 11) is 0. The lowest BCUT2D eigenvalue weighted by atomic mass is 10.1. The van der Waals surface area contributed by atoms with Gasteiger partial charge in [0.15, 0.2) is 0 Å². The summed E-state index contributed by atoms with van der Waals surface area (Å²) in [4.78, 5) is 14.8. The van der Waals surface area contributed by atoms with Crippen molar-refractivity contribution in [3.63, 3.8) is 0 Å². The van der Waals surface area contributed by atoms with Crippen molar-refractivity contribution in [2.45, 2.75) is 27.4 Å². The maximum absolute atomic E-state index is 13.0. The number of rotatable bonds is 4. The number of hydrogen-bond acceptors (Lipinski definition) is 5. The van der Waals surface area contributed by atoms with E-state index in [0.29, 0.717) is 31.1 Å². The lowest BCUT2D eigenvalue weighted by molar-refractivity contribution is 0.0976. The molecular weight excluding hydrogens is 356 g/mol. The van der Waals surface area contributed by atoms with Gasteiger partial charge in [0, 0.05) is 5.56 Å². The first-order valence-corrected chi connectivity index (χ1v) is 9.23. The van der Waals surface area contributed by atoms with Crippen LogP contribution in [0.1, 0.15) is 32.9 Å². The van der Waals surface area contributed by atoms with E-state index in [1.54, 1.807) is 17.0 Å². The van der Waals surface area contributed by atoms with Crippen molar-refractivity contribution in [3.8, 4) is 11.5 Å². The number of amides is 1. The van der Waals surface area contributed by atoms with E-state index in [1.807, 2.05) is 51.1 Å². The highest BCUT2D eigenvalue weighted by atomic mass is 16.5. The maximum Gasteiger partial charge on any atom is 0.258 e. The van der Waals surface area contributed by atoms with Crippen molar-refractivity contribution in [1.82, 2.24) is 5.16 Å². The average molecular weight is 378 g/mol. The van der Waals surface area contributed by atoms with E-state index in [-0.39, 0.29) is 5.91 Å². The molecule has 0 atom stereocenters. The van der Waals surface area contributed by atoms with Gasteiger partial charge in [0.2, 0.25) is 0 Å². The van der Waals surface area contributed by atoms with E-state index in [9.17, 15) is 4.79 Å². The quantitative estimate of drug-likeness (QED) is 0.680. The number of aromatic nitrogens is 1. The third kappa shape index (κ3) is 3.45. The smallest absolute Gasteiger partial charge is 0.258 e. The van der Waals surface area contributed by atoms with Gasteiger partial charge >= 0.3 is 0 Å². The molecule has 2 heterocycles. The number of nitrogens with zero attached hydrogens (tertiary/aromatic N) is 2. The van der Waals surface area contributed by atoms with E-state index in [2.05, 4.69) is 5.16 Å². The Bertz CT molecular complexity index is 988. The Morgan fingerprint density at radius 2 is 1.93 bits per heavy atom. The predicted octanol–water partition coefficient (Wildman–Crippen LogP) is 4.22. The minimum atomic E-state index is -0.0487. The third-order valence-electron chi connectivity index (χ3n) is 4.89. The summed E-state index contributed by atoms with van der Waals surface area (Å²) in [6, 6.07) is 13.1. The summed E-state index contributed by atoms with van der Waals surface area (Å²) in [5.41, 5.74) is 4.28. The molecule has 0 spiro atoms. The van der Waals surface area contributed by atoms with Gasteiger partial charge in [-0.1, -0.05) is 11.2 Å². The predicted molar refractivity (Wildman–Crippen MR) is 105 cm³/mol. The lowest BCUT2D eigenvalue weighted by Gasteiger charge is -2.30. The molecule has 1 aliphatic heterocycles. The van der Waals surface area contributed by atoms with Crippen molar-refractivity contribution < 1.29 is 18.8 Å².